The Morgan fingerprint density at radius 2 is 2.22 bits per heavy atom. The number of rotatable bonds is 3. The fourth-order valence-electron chi connectivity index (χ4n) is 1.55. The van der Waals surface area contributed by atoms with Crippen LogP contribution in [0.1, 0.15) is 0 Å². The minimum atomic E-state index is -1.38. The van der Waals surface area contributed by atoms with Crippen LogP contribution < -0.4 is 16.3 Å². The number of anilines is 1. The first-order valence-electron chi connectivity index (χ1n) is 5.17. The molecule has 2 heterocycles. The first-order chi connectivity index (χ1) is 8.52. The number of nitrogens with zero attached hydrogens (tertiary/aromatic N) is 2. The first-order valence-corrected chi connectivity index (χ1v) is 5.17. The molecule has 1 unspecified atom stereocenters. The van der Waals surface area contributed by atoms with Crippen molar-refractivity contribution in [2.75, 3.05) is 12.3 Å². The third-order valence-corrected chi connectivity index (χ3v) is 2.51. The molecule has 100 valence electrons. The number of aromatic nitrogens is 2. The Bertz CT molecular complexity index is 478. The SMILES string of the molecule is Nc1ccn(OC2O[C@H](CO)[C@@H](O)[C@@H]2O)c(=O)n1. The standard InChI is InChI=1S/C9H13N3O6/c10-5-1-2-12(9(16)11-5)18-8-7(15)6(14)4(3-13)17-8/h1-2,4,6-8,13-15H,3H2,(H2,10,11,16)/t4-,6-,7+,8?/m1/s1. The predicted octanol–water partition coefficient (Wildman–Crippen LogP) is -3.31. The number of nitrogens with two attached hydrogens (primary N) is 1. The third-order valence-electron chi connectivity index (χ3n) is 2.51. The van der Waals surface area contributed by atoms with Gasteiger partial charge in [-0.25, -0.2) is 4.79 Å². The zero-order chi connectivity index (χ0) is 13.3. The van der Waals surface area contributed by atoms with Gasteiger partial charge in [0.25, 0.3) is 6.29 Å². The summed E-state index contributed by atoms with van der Waals surface area (Å²) in [4.78, 5) is 19.8. The molecule has 1 aliphatic heterocycles. The molecule has 1 aliphatic rings. The van der Waals surface area contributed by atoms with E-state index in [1.54, 1.807) is 0 Å². The third kappa shape index (κ3) is 2.29. The minimum absolute atomic E-state index is 0.0287. The van der Waals surface area contributed by atoms with Crippen LogP contribution >= 0.6 is 0 Å². The van der Waals surface area contributed by atoms with Crippen molar-refractivity contribution in [3.8, 4) is 0 Å². The lowest BCUT2D eigenvalue weighted by molar-refractivity contribution is -0.173. The summed E-state index contributed by atoms with van der Waals surface area (Å²) in [7, 11) is 0. The molecule has 1 aromatic rings. The van der Waals surface area contributed by atoms with Gasteiger partial charge in [0.1, 0.15) is 24.1 Å². The quantitative estimate of drug-likeness (QED) is 0.442. The maximum absolute atomic E-state index is 11.4. The van der Waals surface area contributed by atoms with Crippen LogP contribution in [0.25, 0.3) is 0 Å². The molecular weight excluding hydrogens is 246 g/mol. The van der Waals surface area contributed by atoms with Gasteiger partial charge in [0, 0.05) is 6.07 Å². The monoisotopic (exact) mass is 259 g/mol. The van der Waals surface area contributed by atoms with Crippen LogP contribution in [-0.2, 0) is 4.74 Å². The zero-order valence-corrected chi connectivity index (χ0v) is 9.21. The van der Waals surface area contributed by atoms with Crippen molar-refractivity contribution in [3.63, 3.8) is 0 Å². The average Bonchev–Trinajstić information content (AvgIpc) is 2.60. The Morgan fingerprint density at radius 3 is 2.78 bits per heavy atom. The number of ether oxygens (including phenoxy) is 1. The summed E-state index contributed by atoms with van der Waals surface area (Å²) in [6.07, 6.45) is -3.72. The van der Waals surface area contributed by atoms with Gasteiger partial charge in [-0.2, -0.15) is 4.98 Å². The van der Waals surface area contributed by atoms with Crippen LogP contribution in [0.3, 0.4) is 0 Å². The molecule has 1 saturated heterocycles. The molecule has 0 aromatic carbocycles. The predicted molar refractivity (Wildman–Crippen MR) is 57.2 cm³/mol. The highest BCUT2D eigenvalue weighted by atomic mass is 16.8. The van der Waals surface area contributed by atoms with Gasteiger partial charge in [-0.3, -0.25) is 0 Å². The summed E-state index contributed by atoms with van der Waals surface area (Å²) in [5.74, 6) is 0.0287. The Kier molecular flexibility index (Phi) is 3.48. The van der Waals surface area contributed by atoms with Gasteiger partial charge in [-0.1, -0.05) is 0 Å². The largest absolute Gasteiger partial charge is 0.394 e. The summed E-state index contributed by atoms with van der Waals surface area (Å²) < 4.78 is 5.75. The lowest BCUT2D eigenvalue weighted by atomic mass is 10.1. The van der Waals surface area contributed by atoms with E-state index >= 15 is 0 Å². The highest BCUT2D eigenvalue weighted by molar-refractivity contribution is 5.23. The molecule has 2 rings (SSSR count). The van der Waals surface area contributed by atoms with Crippen molar-refractivity contribution in [1.82, 2.24) is 9.71 Å². The summed E-state index contributed by atoms with van der Waals surface area (Å²) >= 11 is 0. The summed E-state index contributed by atoms with van der Waals surface area (Å²) in [6, 6.07) is 1.32. The summed E-state index contributed by atoms with van der Waals surface area (Å²) in [5.41, 5.74) is 4.51. The number of aliphatic hydroxyl groups is 3. The Morgan fingerprint density at radius 1 is 1.50 bits per heavy atom. The second kappa shape index (κ2) is 4.90. The molecule has 4 atom stereocenters. The van der Waals surface area contributed by atoms with Gasteiger partial charge >= 0.3 is 5.69 Å². The first kappa shape index (κ1) is 12.8. The highest BCUT2D eigenvalue weighted by Gasteiger charge is 2.44. The van der Waals surface area contributed by atoms with E-state index in [0.717, 1.165) is 4.73 Å². The maximum Gasteiger partial charge on any atom is 0.382 e. The smallest absolute Gasteiger partial charge is 0.382 e. The second-order valence-electron chi connectivity index (χ2n) is 3.77. The zero-order valence-electron chi connectivity index (χ0n) is 9.21. The van der Waals surface area contributed by atoms with Gasteiger partial charge in [-0.05, 0) is 0 Å². The van der Waals surface area contributed by atoms with E-state index in [0.29, 0.717) is 0 Å². The number of hydrogen-bond acceptors (Lipinski definition) is 8. The Hall–Kier alpha value is -1.68. The van der Waals surface area contributed by atoms with Crippen LogP contribution in [0.4, 0.5) is 5.82 Å². The fraction of sp³-hybridized carbons (Fsp3) is 0.556. The average molecular weight is 259 g/mol. The molecule has 9 nitrogen and oxygen atoms in total. The molecule has 18 heavy (non-hydrogen) atoms. The minimum Gasteiger partial charge on any atom is -0.394 e. The van der Waals surface area contributed by atoms with E-state index in [9.17, 15) is 15.0 Å². The van der Waals surface area contributed by atoms with Crippen LogP contribution in [-0.4, -0.2) is 56.2 Å². The fourth-order valence-corrected chi connectivity index (χ4v) is 1.55. The number of nitrogen functional groups attached to an aromatic ring is 1. The highest BCUT2D eigenvalue weighted by Crippen LogP contribution is 2.20. The van der Waals surface area contributed by atoms with E-state index in [1.807, 2.05) is 0 Å². The summed E-state index contributed by atoms with van der Waals surface area (Å²) in [5, 5.41) is 28.0. The lowest BCUT2D eigenvalue weighted by Crippen LogP contribution is -2.41. The van der Waals surface area contributed by atoms with Gasteiger partial charge in [0.05, 0.1) is 12.8 Å². The molecule has 0 aliphatic carbocycles. The van der Waals surface area contributed by atoms with Crippen LogP contribution in [0, 0.1) is 0 Å². The topological polar surface area (TPSA) is 140 Å². The van der Waals surface area contributed by atoms with Crippen molar-refractivity contribution in [1.29, 1.82) is 0 Å². The van der Waals surface area contributed by atoms with Crippen molar-refractivity contribution < 1.29 is 24.9 Å². The van der Waals surface area contributed by atoms with Crippen molar-refractivity contribution >= 4 is 5.82 Å². The molecule has 0 amide bonds. The van der Waals surface area contributed by atoms with Crippen molar-refractivity contribution in [2.24, 2.45) is 0 Å². The van der Waals surface area contributed by atoms with Gasteiger partial charge in [0.2, 0.25) is 0 Å². The van der Waals surface area contributed by atoms with Gasteiger partial charge < -0.3 is 30.6 Å². The molecule has 0 spiro atoms. The molecule has 0 bridgehead atoms. The second-order valence-corrected chi connectivity index (χ2v) is 3.77. The van der Waals surface area contributed by atoms with Gasteiger partial charge in [0.15, 0.2) is 0 Å². The molecule has 5 N–H and O–H groups in total. The van der Waals surface area contributed by atoms with Crippen molar-refractivity contribution in [2.45, 2.75) is 24.6 Å². The molecule has 1 aromatic heterocycles. The van der Waals surface area contributed by atoms with E-state index in [-0.39, 0.29) is 5.82 Å². The van der Waals surface area contributed by atoms with E-state index in [4.69, 9.17) is 20.4 Å². The maximum atomic E-state index is 11.4. The van der Waals surface area contributed by atoms with E-state index in [1.165, 1.54) is 12.3 Å². The number of aliphatic hydroxyl groups excluding tert-OH is 3. The number of hydrogen-bond donors (Lipinski definition) is 4. The van der Waals surface area contributed by atoms with Crippen LogP contribution in [0.2, 0.25) is 0 Å². The lowest BCUT2D eigenvalue weighted by Gasteiger charge is -2.16. The Balaban J connectivity index is 2.13. The van der Waals surface area contributed by atoms with Crippen molar-refractivity contribution in [3.05, 3.63) is 22.7 Å². The summed E-state index contributed by atoms with van der Waals surface area (Å²) in [6.45, 7) is -0.479. The van der Waals surface area contributed by atoms with Crippen LogP contribution in [0.15, 0.2) is 17.1 Å². The normalized spacial score (nSPS) is 31.5. The molecule has 0 saturated carbocycles. The van der Waals surface area contributed by atoms with E-state index < -0.39 is 36.9 Å². The molecule has 9 heteroatoms. The molecular formula is C9H13N3O6. The van der Waals surface area contributed by atoms with Gasteiger partial charge in [-0.15, -0.1) is 4.73 Å². The Labute approximate surface area is 101 Å². The van der Waals surface area contributed by atoms with Crippen LogP contribution in [0.5, 0.6) is 0 Å². The van der Waals surface area contributed by atoms with E-state index in [2.05, 4.69) is 4.98 Å². The molecule has 0 radical (unpaired) electrons. The molecule has 1 fully saturated rings.